The Morgan fingerprint density at radius 1 is 1.08 bits per heavy atom. The SMILES string of the molecule is O=C(O)c1ccc(N2C(=O)[C@@H]3C[C@H]2C[C@H]3OCc2c(-c3c(Cl)cccc3Cl)noc2C2CC2)cc1C1CC1. The van der Waals surface area contributed by atoms with E-state index in [0.717, 1.165) is 61.1 Å². The number of aromatic carboxylic acids is 1. The number of piperidine rings is 1. The lowest BCUT2D eigenvalue weighted by Crippen LogP contribution is -2.43. The molecule has 3 aliphatic carbocycles. The van der Waals surface area contributed by atoms with Gasteiger partial charge in [-0.1, -0.05) is 34.4 Å². The molecule has 2 bridgehead atoms. The number of anilines is 1. The molecular weight excluding hydrogens is 527 g/mol. The van der Waals surface area contributed by atoms with Gasteiger partial charge in [-0.05, 0) is 80.3 Å². The lowest BCUT2D eigenvalue weighted by atomic mass is 10.00. The number of rotatable bonds is 8. The quantitative estimate of drug-likeness (QED) is 0.329. The number of nitrogens with zero attached hydrogens (tertiary/aromatic N) is 2. The number of carbonyl (C=O) groups is 2. The van der Waals surface area contributed by atoms with Gasteiger partial charge < -0.3 is 19.3 Å². The van der Waals surface area contributed by atoms with E-state index in [0.29, 0.717) is 32.8 Å². The number of halogens is 2. The summed E-state index contributed by atoms with van der Waals surface area (Å²) in [6.45, 7) is 0.270. The summed E-state index contributed by atoms with van der Waals surface area (Å²) < 4.78 is 12.2. The lowest BCUT2D eigenvalue weighted by molar-refractivity contribution is -0.126. The van der Waals surface area contributed by atoms with Crippen LogP contribution in [0.4, 0.5) is 5.69 Å². The van der Waals surface area contributed by atoms with Gasteiger partial charge >= 0.3 is 5.97 Å². The van der Waals surface area contributed by atoms with Crippen molar-refractivity contribution in [3.8, 4) is 11.3 Å². The molecule has 196 valence electrons. The number of carboxylic acids is 1. The highest BCUT2D eigenvalue weighted by atomic mass is 35.5. The van der Waals surface area contributed by atoms with Crippen molar-refractivity contribution in [2.75, 3.05) is 4.90 Å². The average molecular weight is 553 g/mol. The number of hydrogen-bond acceptors (Lipinski definition) is 5. The fourth-order valence-electron chi connectivity index (χ4n) is 6.19. The predicted molar refractivity (Wildman–Crippen MR) is 142 cm³/mol. The molecule has 0 radical (unpaired) electrons. The second-order valence-corrected chi connectivity index (χ2v) is 11.7. The summed E-state index contributed by atoms with van der Waals surface area (Å²) >= 11 is 13.0. The maximum Gasteiger partial charge on any atom is 0.335 e. The van der Waals surface area contributed by atoms with E-state index in [1.807, 2.05) is 11.0 Å². The summed E-state index contributed by atoms with van der Waals surface area (Å²) in [5.41, 5.74) is 4.06. The Labute approximate surface area is 229 Å². The van der Waals surface area contributed by atoms with Crippen LogP contribution < -0.4 is 4.90 Å². The van der Waals surface area contributed by atoms with Crippen LogP contribution in [0.15, 0.2) is 40.9 Å². The first-order chi connectivity index (χ1) is 18.4. The van der Waals surface area contributed by atoms with Crippen LogP contribution in [0.3, 0.4) is 0 Å². The molecule has 9 heteroatoms. The summed E-state index contributed by atoms with van der Waals surface area (Å²) in [6, 6.07) is 10.7. The van der Waals surface area contributed by atoms with Crippen molar-refractivity contribution in [3.63, 3.8) is 0 Å². The van der Waals surface area contributed by atoms with E-state index in [9.17, 15) is 14.7 Å². The number of carbonyl (C=O) groups excluding carboxylic acids is 1. The van der Waals surface area contributed by atoms with Crippen molar-refractivity contribution in [2.45, 2.75) is 69.1 Å². The van der Waals surface area contributed by atoms with Crippen LogP contribution >= 0.6 is 23.2 Å². The second kappa shape index (κ2) is 9.11. The number of fused-ring (bicyclic) bond motifs is 2. The number of carboxylic acid groups (broad SMARTS) is 1. The van der Waals surface area contributed by atoms with Crippen LogP contribution in [0.25, 0.3) is 11.3 Å². The summed E-state index contributed by atoms with van der Waals surface area (Å²) in [7, 11) is 0. The smallest absolute Gasteiger partial charge is 0.335 e. The first kappa shape index (κ1) is 24.2. The number of benzene rings is 2. The van der Waals surface area contributed by atoms with Crippen LogP contribution in [0.2, 0.25) is 10.0 Å². The third kappa shape index (κ3) is 4.03. The molecule has 4 aliphatic rings. The Morgan fingerprint density at radius 2 is 1.82 bits per heavy atom. The van der Waals surface area contributed by atoms with Crippen molar-refractivity contribution >= 4 is 40.8 Å². The molecule has 2 heterocycles. The fraction of sp³-hybridized carbons (Fsp3) is 0.414. The molecule has 3 atom stereocenters. The summed E-state index contributed by atoms with van der Waals surface area (Å²) in [6.07, 6.45) is 5.32. The normalized spacial score (nSPS) is 24.4. The molecule has 3 aromatic rings. The van der Waals surface area contributed by atoms with Gasteiger partial charge in [0, 0.05) is 28.8 Å². The Morgan fingerprint density at radius 3 is 2.47 bits per heavy atom. The van der Waals surface area contributed by atoms with Crippen molar-refractivity contribution in [1.82, 2.24) is 5.16 Å². The first-order valence-corrected chi connectivity index (χ1v) is 13.9. The summed E-state index contributed by atoms with van der Waals surface area (Å²) in [4.78, 5) is 27.0. The molecule has 1 aliphatic heterocycles. The lowest BCUT2D eigenvalue weighted by Gasteiger charge is -2.32. The molecule has 1 aromatic heterocycles. The van der Waals surface area contributed by atoms with Crippen molar-refractivity contribution in [2.24, 2.45) is 5.92 Å². The van der Waals surface area contributed by atoms with E-state index in [1.165, 1.54) is 0 Å². The molecule has 7 nitrogen and oxygen atoms in total. The molecule has 0 unspecified atom stereocenters. The standard InChI is InChI=1S/C29H26Cl2N2O5/c30-22-2-1-3-23(31)25(22)26-21(27(38-32-26)15-6-7-15)13-37-24-12-17-11-20(24)28(34)33(17)16-8-9-18(29(35)36)19(10-16)14-4-5-14/h1-3,8-10,14-15,17,20,24H,4-7,11-13H2,(H,35,36)/t17-,20+,24+/m0/s1. The maximum atomic E-state index is 13.5. The molecule has 3 saturated carbocycles. The maximum absolute atomic E-state index is 13.5. The fourth-order valence-corrected chi connectivity index (χ4v) is 6.77. The van der Waals surface area contributed by atoms with Crippen molar-refractivity contribution in [1.29, 1.82) is 0 Å². The Kier molecular flexibility index (Phi) is 5.80. The van der Waals surface area contributed by atoms with Gasteiger partial charge in [-0.3, -0.25) is 4.79 Å². The monoisotopic (exact) mass is 552 g/mol. The summed E-state index contributed by atoms with van der Waals surface area (Å²) in [5, 5.41) is 14.9. The van der Waals surface area contributed by atoms with Crippen LogP contribution in [-0.4, -0.2) is 34.3 Å². The van der Waals surface area contributed by atoms with Crippen molar-refractivity contribution in [3.05, 3.63) is 68.9 Å². The zero-order valence-corrected chi connectivity index (χ0v) is 22.0. The van der Waals surface area contributed by atoms with Gasteiger partial charge in [-0.15, -0.1) is 0 Å². The Balaban J connectivity index is 1.11. The van der Waals surface area contributed by atoms with Crippen molar-refractivity contribution < 1.29 is 24.0 Å². The minimum Gasteiger partial charge on any atom is -0.478 e. The van der Waals surface area contributed by atoms with E-state index >= 15 is 0 Å². The van der Waals surface area contributed by atoms with E-state index in [4.69, 9.17) is 32.5 Å². The number of amides is 1. The molecular formula is C29H26Cl2N2O5. The number of aromatic nitrogens is 1. The second-order valence-electron chi connectivity index (χ2n) is 10.9. The third-order valence-electron chi connectivity index (χ3n) is 8.37. The Bertz CT molecular complexity index is 1440. The van der Waals surface area contributed by atoms with Gasteiger partial charge in [0.05, 0.1) is 34.2 Å². The largest absolute Gasteiger partial charge is 0.478 e. The third-order valence-corrected chi connectivity index (χ3v) is 9.00. The summed E-state index contributed by atoms with van der Waals surface area (Å²) in [5.74, 6) is 0.300. The van der Waals surface area contributed by atoms with Gasteiger partial charge in [0.15, 0.2) is 0 Å². The highest BCUT2D eigenvalue weighted by molar-refractivity contribution is 6.39. The van der Waals surface area contributed by atoms with Gasteiger partial charge in [0.25, 0.3) is 0 Å². The molecule has 1 N–H and O–H groups in total. The molecule has 2 aromatic carbocycles. The molecule has 38 heavy (non-hydrogen) atoms. The van der Waals surface area contributed by atoms with Gasteiger partial charge in [-0.2, -0.15) is 0 Å². The molecule has 1 saturated heterocycles. The minimum atomic E-state index is -0.919. The van der Waals surface area contributed by atoms with E-state index in [-0.39, 0.29) is 36.5 Å². The molecule has 1 amide bonds. The number of ether oxygens (including phenoxy) is 1. The topological polar surface area (TPSA) is 92.9 Å². The zero-order valence-electron chi connectivity index (χ0n) is 20.5. The van der Waals surface area contributed by atoms with E-state index < -0.39 is 5.97 Å². The van der Waals surface area contributed by atoms with Gasteiger partial charge in [0.1, 0.15) is 11.5 Å². The predicted octanol–water partition coefficient (Wildman–Crippen LogP) is 6.81. The highest BCUT2D eigenvalue weighted by Gasteiger charge is 2.52. The van der Waals surface area contributed by atoms with Crippen LogP contribution in [0.1, 0.15) is 77.6 Å². The highest BCUT2D eigenvalue weighted by Crippen LogP contribution is 2.49. The number of hydrogen-bond donors (Lipinski definition) is 1. The Hall–Kier alpha value is -2.87. The van der Waals surface area contributed by atoms with E-state index in [2.05, 4.69) is 5.16 Å². The molecule has 0 spiro atoms. The van der Waals surface area contributed by atoms with E-state index in [1.54, 1.807) is 30.3 Å². The van der Waals surface area contributed by atoms with Crippen LogP contribution in [0.5, 0.6) is 0 Å². The van der Waals surface area contributed by atoms with Crippen LogP contribution in [0, 0.1) is 5.92 Å². The van der Waals surface area contributed by atoms with Crippen LogP contribution in [-0.2, 0) is 16.1 Å². The average Bonchev–Trinajstić information content (AvgIpc) is 3.81. The first-order valence-electron chi connectivity index (χ1n) is 13.2. The molecule has 7 rings (SSSR count). The minimum absolute atomic E-state index is 0.0306. The zero-order chi connectivity index (χ0) is 26.1. The molecule has 4 fully saturated rings. The van der Waals surface area contributed by atoms with Gasteiger partial charge in [-0.25, -0.2) is 4.79 Å². The van der Waals surface area contributed by atoms with Gasteiger partial charge in [0.2, 0.25) is 5.91 Å².